The summed E-state index contributed by atoms with van der Waals surface area (Å²) >= 11 is 0. The van der Waals surface area contributed by atoms with Gasteiger partial charge in [0.25, 0.3) is 0 Å². The van der Waals surface area contributed by atoms with E-state index in [4.69, 9.17) is 9.47 Å². The summed E-state index contributed by atoms with van der Waals surface area (Å²) in [6, 6.07) is 0. The molecular weight excluding hydrogens is 156 g/mol. The van der Waals surface area contributed by atoms with Crippen molar-refractivity contribution < 1.29 is 14.3 Å². The number of esters is 1. The van der Waals surface area contributed by atoms with Crippen molar-refractivity contribution in [3.8, 4) is 0 Å². The van der Waals surface area contributed by atoms with Crippen LogP contribution in [0.15, 0.2) is 12.7 Å². The van der Waals surface area contributed by atoms with E-state index in [9.17, 15) is 4.79 Å². The van der Waals surface area contributed by atoms with E-state index in [1.165, 1.54) is 0 Å². The highest BCUT2D eigenvalue weighted by Crippen LogP contribution is 2.12. The summed E-state index contributed by atoms with van der Waals surface area (Å²) in [5.74, 6) is -0.241. The molecule has 3 nitrogen and oxygen atoms in total. The van der Waals surface area contributed by atoms with Crippen molar-refractivity contribution in [2.45, 2.75) is 25.9 Å². The second-order valence-corrected chi connectivity index (χ2v) is 2.78. The van der Waals surface area contributed by atoms with Crippen molar-refractivity contribution in [2.75, 3.05) is 13.7 Å². The summed E-state index contributed by atoms with van der Waals surface area (Å²) in [6.07, 6.45) is 1.94. The molecule has 0 bridgehead atoms. The van der Waals surface area contributed by atoms with Gasteiger partial charge in [-0.2, -0.15) is 0 Å². The molecule has 0 aliphatic rings. The molecule has 12 heavy (non-hydrogen) atoms. The highest BCUT2D eigenvalue weighted by molar-refractivity contribution is 5.69. The molecule has 0 aromatic carbocycles. The Balaban J connectivity index is 4.12. The molecule has 0 spiro atoms. The minimum absolute atomic E-state index is 0.241. The Morgan fingerprint density at radius 1 is 1.67 bits per heavy atom. The molecule has 0 aliphatic heterocycles. The molecule has 0 heterocycles. The maximum Gasteiger partial charge on any atom is 0.306 e. The van der Waals surface area contributed by atoms with E-state index in [0.717, 1.165) is 0 Å². The van der Waals surface area contributed by atoms with Crippen LogP contribution in [0, 0.1) is 0 Å². The molecule has 0 N–H and O–H groups in total. The standard InChI is InChI=1S/C9H16O3/c1-5-8(10)12-9(3,6-2)7-11-4/h6H,2,5,7H2,1,3-4H3. The average Bonchev–Trinajstić information content (AvgIpc) is 2.05. The monoisotopic (exact) mass is 172 g/mol. The van der Waals surface area contributed by atoms with Gasteiger partial charge in [-0.3, -0.25) is 4.79 Å². The van der Waals surface area contributed by atoms with Crippen LogP contribution in [-0.2, 0) is 14.3 Å². The van der Waals surface area contributed by atoms with Crippen molar-refractivity contribution in [3.05, 3.63) is 12.7 Å². The van der Waals surface area contributed by atoms with Gasteiger partial charge < -0.3 is 9.47 Å². The number of carbonyl (C=O) groups is 1. The summed E-state index contributed by atoms with van der Waals surface area (Å²) < 4.78 is 9.99. The Hall–Kier alpha value is -0.830. The van der Waals surface area contributed by atoms with Gasteiger partial charge in [-0.15, -0.1) is 0 Å². The first-order valence-electron chi connectivity index (χ1n) is 3.92. The normalized spacial score (nSPS) is 14.9. The van der Waals surface area contributed by atoms with Crippen molar-refractivity contribution in [2.24, 2.45) is 0 Å². The SMILES string of the molecule is C=CC(C)(COC)OC(=O)CC. The van der Waals surface area contributed by atoms with Gasteiger partial charge >= 0.3 is 5.97 Å². The third-order valence-electron chi connectivity index (χ3n) is 1.50. The molecule has 0 aromatic rings. The fourth-order valence-electron chi connectivity index (χ4n) is 0.749. The number of carbonyl (C=O) groups excluding carboxylic acids is 1. The minimum Gasteiger partial charge on any atom is -0.453 e. The molecule has 0 aromatic heterocycles. The number of hydrogen-bond acceptors (Lipinski definition) is 3. The topological polar surface area (TPSA) is 35.5 Å². The molecule has 0 rings (SSSR count). The van der Waals surface area contributed by atoms with Crippen LogP contribution in [0.1, 0.15) is 20.3 Å². The number of methoxy groups -OCH3 is 1. The fourth-order valence-corrected chi connectivity index (χ4v) is 0.749. The maximum absolute atomic E-state index is 10.9. The maximum atomic E-state index is 10.9. The summed E-state index contributed by atoms with van der Waals surface area (Å²) in [7, 11) is 1.56. The lowest BCUT2D eigenvalue weighted by Gasteiger charge is -2.24. The predicted octanol–water partition coefficient (Wildman–Crippen LogP) is 1.53. The number of hydrogen-bond donors (Lipinski definition) is 0. The van der Waals surface area contributed by atoms with Crippen molar-refractivity contribution >= 4 is 5.97 Å². The zero-order valence-electron chi connectivity index (χ0n) is 7.92. The van der Waals surface area contributed by atoms with Crippen LogP contribution < -0.4 is 0 Å². The smallest absolute Gasteiger partial charge is 0.306 e. The fraction of sp³-hybridized carbons (Fsp3) is 0.667. The van der Waals surface area contributed by atoms with Crippen LogP contribution in [0.25, 0.3) is 0 Å². The molecular formula is C9H16O3. The van der Waals surface area contributed by atoms with E-state index in [2.05, 4.69) is 6.58 Å². The molecule has 0 fully saturated rings. The van der Waals surface area contributed by atoms with Crippen molar-refractivity contribution in [1.82, 2.24) is 0 Å². The molecule has 1 atom stereocenters. The van der Waals surface area contributed by atoms with Gasteiger partial charge in [0.05, 0.1) is 6.61 Å². The zero-order chi connectivity index (χ0) is 9.61. The molecule has 0 amide bonds. The van der Waals surface area contributed by atoms with Gasteiger partial charge in [0.2, 0.25) is 0 Å². The molecule has 70 valence electrons. The Bertz CT molecular complexity index is 165. The molecule has 3 heteroatoms. The van der Waals surface area contributed by atoms with Crippen LogP contribution in [-0.4, -0.2) is 25.3 Å². The van der Waals surface area contributed by atoms with Crippen LogP contribution >= 0.6 is 0 Å². The Labute approximate surface area is 73.4 Å². The highest BCUT2D eigenvalue weighted by Gasteiger charge is 2.23. The lowest BCUT2D eigenvalue weighted by molar-refractivity contribution is -0.157. The quantitative estimate of drug-likeness (QED) is 0.466. The summed E-state index contributed by atoms with van der Waals surface area (Å²) in [6.45, 7) is 7.43. The van der Waals surface area contributed by atoms with Crippen LogP contribution in [0.5, 0.6) is 0 Å². The summed E-state index contributed by atoms with van der Waals surface area (Å²) in [5.41, 5.74) is -0.693. The van der Waals surface area contributed by atoms with Gasteiger partial charge in [0, 0.05) is 13.5 Å². The zero-order valence-corrected chi connectivity index (χ0v) is 7.92. The van der Waals surface area contributed by atoms with E-state index in [-0.39, 0.29) is 5.97 Å². The van der Waals surface area contributed by atoms with Crippen LogP contribution in [0.4, 0.5) is 0 Å². The van der Waals surface area contributed by atoms with E-state index < -0.39 is 5.60 Å². The van der Waals surface area contributed by atoms with Gasteiger partial charge in [-0.05, 0) is 13.0 Å². The summed E-state index contributed by atoms with van der Waals surface area (Å²) in [5, 5.41) is 0. The van der Waals surface area contributed by atoms with Crippen molar-refractivity contribution in [1.29, 1.82) is 0 Å². The molecule has 1 unspecified atom stereocenters. The molecule has 0 saturated heterocycles. The third kappa shape index (κ3) is 3.53. The van der Waals surface area contributed by atoms with Gasteiger partial charge in [0.1, 0.15) is 0 Å². The predicted molar refractivity (Wildman–Crippen MR) is 46.9 cm³/mol. The Morgan fingerprint density at radius 3 is 2.58 bits per heavy atom. The summed E-state index contributed by atoms with van der Waals surface area (Å²) in [4.78, 5) is 10.9. The molecule has 0 radical (unpaired) electrons. The number of ether oxygens (including phenoxy) is 2. The Kier molecular flexibility index (Phi) is 4.59. The minimum atomic E-state index is -0.693. The van der Waals surface area contributed by atoms with E-state index >= 15 is 0 Å². The van der Waals surface area contributed by atoms with Crippen molar-refractivity contribution in [3.63, 3.8) is 0 Å². The number of rotatable bonds is 5. The van der Waals surface area contributed by atoms with E-state index in [1.807, 2.05) is 0 Å². The average molecular weight is 172 g/mol. The largest absolute Gasteiger partial charge is 0.453 e. The third-order valence-corrected chi connectivity index (χ3v) is 1.50. The lowest BCUT2D eigenvalue weighted by atomic mass is 10.1. The van der Waals surface area contributed by atoms with Gasteiger partial charge in [0.15, 0.2) is 5.60 Å². The second-order valence-electron chi connectivity index (χ2n) is 2.78. The van der Waals surface area contributed by atoms with E-state index in [0.29, 0.717) is 13.0 Å². The van der Waals surface area contributed by atoms with Gasteiger partial charge in [-0.25, -0.2) is 0 Å². The first-order valence-corrected chi connectivity index (χ1v) is 3.92. The first-order chi connectivity index (χ1) is 5.58. The van der Waals surface area contributed by atoms with E-state index in [1.54, 1.807) is 27.0 Å². The Morgan fingerprint density at radius 2 is 2.25 bits per heavy atom. The molecule has 0 aliphatic carbocycles. The highest BCUT2D eigenvalue weighted by atomic mass is 16.6. The van der Waals surface area contributed by atoms with Crippen LogP contribution in [0.3, 0.4) is 0 Å². The van der Waals surface area contributed by atoms with Crippen LogP contribution in [0.2, 0.25) is 0 Å². The van der Waals surface area contributed by atoms with Gasteiger partial charge in [-0.1, -0.05) is 13.5 Å². The lowest BCUT2D eigenvalue weighted by Crippen LogP contribution is -2.33. The first kappa shape index (κ1) is 11.2. The molecule has 0 saturated carbocycles. The second kappa shape index (κ2) is 4.93.